The van der Waals surface area contributed by atoms with Crippen LogP contribution in [0, 0.1) is 11.3 Å². The molecule has 0 spiro atoms. The maximum atomic E-state index is 12.9. The summed E-state index contributed by atoms with van der Waals surface area (Å²) in [4.78, 5) is 25.5. The Hall–Kier alpha value is -3.42. The third-order valence-corrected chi connectivity index (χ3v) is 5.04. The average Bonchev–Trinajstić information content (AvgIpc) is 2.77. The van der Waals surface area contributed by atoms with E-state index in [1.165, 1.54) is 12.0 Å². The Morgan fingerprint density at radius 3 is 2.31 bits per heavy atom. The van der Waals surface area contributed by atoms with Gasteiger partial charge in [-0.3, -0.25) is 13.9 Å². The van der Waals surface area contributed by atoms with Crippen molar-refractivity contribution in [1.82, 2.24) is 0 Å². The van der Waals surface area contributed by atoms with Gasteiger partial charge in [-0.1, -0.05) is 12.1 Å². The van der Waals surface area contributed by atoms with Gasteiger partial charge in [0.1, 0.15) is 0 Å². The predicted molar refractivity (Wildman–Crippen MR) is 120 cm³/mol. The minimum Gasteiger partial charge on any atom is -0.469 e. The van der Waals surface area contributed by atoms with Crippen LogP contribution in [0.25, 0.3) is 0 Å². The highest BCUT2D eigenvalue weighted by molar-refractivity contribution is 7.85. The fourth-order valence-corrected chi connectivity index (χ4v) is 3.21. The topological polar surface area (TPSA) is 126 Å². The highest BCUT2D eigenvalue weighted by Gasteiger charge is 2.17. The summed E-state index contributed by atoms with van der Waals surface area (Å²) in [6, 6.07) is 15.1. The van der Waals surface area contributed by atoms with Gasteiger partial charge in [-0.15, -0.1) is 0 Å². The Labute approximate surface area is 187 Å². The Bertz CT molecular complexity index is 1060. The average molecular weight is 460 g/mol. The van der Waals surface area contributed by atoms with Crippen molar-refractivity contribution < 1.29 is 26.9 Å². The standard InChI is InChI=1S/C22H25N3O6S/c1-30-21(26)5-3-4-17-8-12-20(13-9-17)25(14-15-31-32(2,28)29)22(27)24-19-10-6-18(16-23)7-11-19/h6-13H,3-5,14-15H2,1-2H3,(H,24,27). The van der Waals surface area contributed by atoms with Crippen LogP contribution in [0.15, 0.2) is 48.5 Å². The van der Waals surface area contributed by atoms with Crippen LogP contribution >= 0.6 is 0 Å². The van der Waals surface area contributed by atoms with Gasteiger partial charge in [0.25, 0.3) is 10.1 Å². The zero-order valence-corrected chi connectivity index (χ0v) is 18.7. The molecule has 0 fully saturated rings. The molecular weight excluding hydrogens is 434 g/mol. The fourth-order valence-electron chi connectivity index (χ4n) is 2.83. The molecule has 2 aromatic carbocycles. The first kappa shape index (κ1) is 24.8. The van der Waals surface area contributed by atoms with Crippen LogP contribution in [0.5, 0.6) is 0 Å². The molecule has 9 nitrogen and oxygen atoms in total. The van der Waals surface area contributed by atoms with Gasteiger partial charge in [0.2, 0.25) is 0 Å². The van der Waals surface area contributed by atoms with Gasteiger partial charge in [-0.05, 0) is 54.8 Å². The van der Waals surface area contributed by atoms with Crippen LogP contribution in [0.3, 0.4) is 0 Å². The van der Waals surface area contributed by atoms with E-state index in [0.717, 1.165) is 11.8 Å². The van der Waals surface area contributed by atoms with Crippen LogP contribution in [0.2, 0.25) is 0 Å². The minimum absolute atomic E-state index is 0.00311. The van der Waals surface area contributed by atoms with Gasteiger partial charge in [0, 0.05) is 17.8 Å². The van der Waals surface area contributed by atoms with Gasteiger partial charge in [0.05, 0.1) is 38.1 Å². The predicted octanol–water partition coefficient (Wildman–Crippen LogP) is 3.07. The van der Waals surface area contributed by atoms with Crippen LogP contribution in [0.1, 0.15) is 24.0 Å². The summed E-state index contributed by atoms with van der Waals surface area (Å²) in [5.74, 6) is -0.266. The van der Waals surface area contributed by atoms with Crippen molar-refractivity contribution in [2.75, 3.05) is 36.7 Å². The molecule has 170 valence electrons. The Balaban J connectivity index is 2.11. The molecule has 0 heterocycles. The van der Waals surface area contributed by atoms with E-state index < -0.39 is 16.1 Å². The van der Waals surface area contributed by atoms with Crippen molar-refractivity contribution in [3.8, 4) is 6.07 Å². The number of esters is 1. The number of urea groups is 1. The monoisotopic (exact) mass is 459 g/mol. The van der Waals surface area contributed by atoms with E-state index in [2.05, 4.69) is 10.1 Å². The van der Waals surface area contributed by atoms with Crippen molar-refractivity contribution in [2.45, 2.75) is 19.3 Å². The normalized spacial score (nSPS) is 10.8. The molecule has 0 saturated heterocycles. The Morgan fingerprint density at radius 1 is 1.09 bits per heavy atom. The van der Waals surface area contributed by atoms with E-state index in [1.54, 1.807) is 36.4 Å². The van der Waals surface area contributed by atoms with Gasteiger partial charge >= 0.3 is 12.0 Å². The molecule has 0 atom stereocenters. The third-order valence-electron chi connectivity index (χ3n) is 4.44. The molecule has 0 radical (unpaired) electrons. The zero-order chi connectivity index (χ0) is 23.6. The lowest BCUT2D eigenvalue weighted by atomic mass is 10.1. The molecular formula is C22H25N3O6S. The summed E-state index contributed by atoms with van der Waals surface area (Å²) in [5.41, 5.74) is 2.48. The second-order valence-corrected chi connectivity index (χ2v) is 8.54. The van der Waals surface area contributed by atoms with E-state index in [4.69, 9.17) is 9.44 Å². The third kappa shape index (κ3) is 8.37. The highest BCUT2D eigenvalue weighted by atomic mass is 32.2. The maximum Gasteiger partial charge on any atom is 0.326 e. The molecule has 2 aromatic rings. The summed E-state index contributed by atoms with van der Waals surface area (Å²) in [7, 11) is -2.30. The Kier molecular flexibility index (Phi) is 9.19. The molecule has 32 heavy (non-hydrogen) atoms. The number of aryl methyl sites for hydroxylation is 1. The van der Waals surface area contributed by atoms with Crippen LogP contribution < -0.4 is 10.2 Å². The zero-order valence-electron chi connectivity index (χ0n) is 17.9. The fraction of sp³-hybridized carbons (Fsp3) is 0.318. The summed E-state index contributed by atoms with van der Waals surface area (Å²) in [6.07, 6.45) is 2.57. The number of rotatable bonds is 10. The maximum absolute atomic E-state index is 12.9. The number of ether oxygens (including phenoxy) is 1. The molecule has 0 aliphatic heterocycles. The molecule has 0 bridgehead atoms. The van der Waals surface area contributed by atoms with E-state index in [9.17, 15) is 18.0 Å². The van der Waals surface area contributed by atoms with Crippen LogP contribution in [-0.4, -0.2) is 46.9 Å². The first-order chi connectivity index (χ1) is 15.2. The summed E-state index contributed by atoms with van der Waals surface area (Å²) >= 11 is 0. The number of amides is 2. The number of carbonyl (C=O) groups is 2. The first-order valence-electron chi connectivity index (χ1n) is 9.80. The summed E-state index contributed by atoms with van der Waals surface area (Å²) < 4.78 is 32.0. The number of hydrogen-bond acceptors (Lipinski definition) is 7. The number of nitriles is 1. The molecule has 0 aliphatic carbocycles. The van der Waals surface area contributed by atoms with Crippen molar-refractivity contribution in [3.63, 3.8) is 0 Å². The SMILES string of the molecule is COC(=O)CCCc1ccc(N(CCOS(C)(=O)=O)C(=O)Nc2ccc(C#N)cc2)cc1. The summed E-state index contributed by atoms with van der Waals surface area (Å²) in [6.45, 7) is -0.211. The lowest BCUT2D eigenvalue weighted by Crippen LogP contribution is -2.37. The lowest BCUT2D eigenvalue weighted by molar-refractivity contribution is -0.140. The van der Waals surface area contributed by atoms with Crippen molar-refractivity contribution in [2.24, 2.45) is 0 Å². The molecule has 1 N–H and O–H groups in total. The molecule has 10 heteroatoms. The molecule has 0 unspecified atom stereocenters. The van der Waals surface area contributed by atoms with E-state index in [-0.39, 0.29) is 19.1 Å². The number of benzene rings is 2. The molecule has 0 aromatic heterocycles. The number of hydrogen-bond donors (Lipinski definition) is 1. The van der Waals surface area contributed by atoms with E-state index >= 15 is 0 Å². The van der Waals surface area contributed by atoms with Gasteiger partial charge in [-0.2, -0.15) is 13.7 Å². The van der Waals surface area contributed by atoms with Gasteiger partial charge < -0.3 is 10.1 Å². The molecule has 2 amide bonds. The minimum atomic E-state index is -3.65. The summed E-state index contributed by atoms with van der Waals surface area (Å²) in [5, 5.41) is 11.6. The second-order valence-electron chi connectivity index (χ2n) is 6.89. The Morgan fingerprint density at radius 2 is 1.75 bits per heavy atom. The smallest absolute Gasteiger partial charge is 0.326 e. The molecule has 0 aliphatic rings. The molecule has 2 rings (SSSR count). The lowest BCUT2D eigenvalue weighted by Gasteiger charge is -2.23. The van der Waals surface area contributed by atoms with Gasteiger partial charge in [0.15, 0.2) is 0 Å². The number of nitrogens with one attached hydrogen (secondary N) is 1. The molecule has 0 saturated carbocycles. The van der Waals surface area contributed by atoms with Gasteiger partial charge in [-0.25, -0.2) is 4.79 Å². The second kappa shape index (κ2) is 11.8. The largest absolute Gasteiger partial charge is 0.469 e. The van der Waals surface area contributed by atoms with E-state index in [1.807, 2.05) is 18.2 Å². The van der Waals surface area contributed by atoms with Crippen LogP contribution in [0.4, 0.5) is 16.2 Å². The van der Waals surface area contributed by atoms with Crippen molar-refractivity contribution >= 4 is 33.5 Å². The quantitative estimate of drug-likeness (QED) is 0.427. The number of carbonyl (C=O) groups excluding carboxylic acids is 2. The number of nitrogens with zero attached hydrogens (tertiary/aromatic N) is 2. The van der Waals surface area contributed by atoms with Crippen LogP contribution in [-0.2, 0) is 30.3 Å². The highest BCUT2D eigenvalue weighted by Crippen LogP contribution is 2.19. The number of methoxy groups -OCH3 is 1. The number of anilines is 2. The van der Waals surface area contributed by atoms with Crippen molar-refractivity contribution in [1.29, 1.82) is 5.26 Å². The van der Waals surface area contributed by atoms with Crippen molar-refractivity contribution in [3.05, 3.63) is 59.7 Å². The first-order valence-corrected chi connectivity index (χ1v) is 11.6. The van der Waals surface area contributed by atoms with E-state index in [0.29, 0.717) is 36.2 Å².